The molecule has 102 valence electrons. The van der Waals surface area contributed by atoms with E-state index in [2.05, 4.69) is 16.6 Å². The Morgan fingerprint density at radius 1 is 1.44 bits per heavy atom. The summed E-state index contributed by atoms with van der Waals surface area (Å²) in [6.07, 6.45) is 1.21. The van der Waals surface area contributed by atoms with Gasteiger partial charge < -0.3 is 5.11 Å². The molecule has 0 aromatic rings. The van der Waals surface area contributed by atoms with Gasteiger partial charge in [-0.1, -0.05) is 0 Å². The van der Waals surface area contributed by atoms with E-state index in [9.17, 15) is 13.2 Å². The highest BCUT2D eigenvalue weighted by molar-refractivity contribution is 7.87. The van der Waals surface area contributed by atoms with Gasteiger partial charge in [-0.3, -0.25) is 4.79 Å². The van der Waals surface area contributed by atoms with E-state index in [1.54, 1.807) is 6.92 Å². The summed E-state index contributed by atoms with van der Waals surface area (Å²) in [6.45, 7) is 2.49. The van der Waals surface area contributed by atoms with Gasteiger partial charge in [0.1, 0.15) is 0 Å². The third-order valence-electron chi connectivity index (χ3n) is 2.85. The first kappa shape index (κ1) is 15.0. The predicted octanol–water partition coefficient (Wildman–Crippen LogP) is 0.0308. The second-order valence-electron chi connectivity index (χ2n) is 4.09. The molecule has 0 spiro atoms. The van der Waals surface area contributed by atoms with Gasteiger partial charge in [-0.2, -0.15) is 12.7 Å². The summed E-state index contributed by atoms with van der Waals surface area (Å²) in [5, 5.41) is 8.83. The van der Waals surface area contributed by atoms with E-state index in [0.717, 1.165) is 0 Å². The molecule has 1 heterocycles. The van der Waals surface area contributed by atoms with Gasteiger partial charge in [0.25, 0.3) is 10.2 Å². The van der Waals surface area contributed by atoms with Crippen LogP contribution >= 0.6 is 0 Å². The van der Waals surface area contributed by atoms with E-state index in [-0.39, 0.29) is 19.6 Å². The summed E-state index contributed by atoms with van der Waals surface area (Å²) in [4.78, 5) is 10.8. The molecule has 6 nitrogen and oxygen atoms in total. The highest BCUT2D eigenvalue weighted by Crippen LogP contribution is 2.18. The lowest BCUT2D eigenvalue weighted by Crippen LogP contribution is -2.46. The van der Waals surface area contributed by atoms with Crippen molar-refractivity contribution in [2.75, 3.05) is 19.6 Å². The summed E-state index contributed by atoms with van der Waals surface area (Å²) in [7, 11) is -3.49. The van der Waals surface area contributed by atoms with Crippen LogP contribution in [0.5, 0.6) is 0 Å². The Balaban J connectivity index is 2.44. The van der Waals surface area contributed by atoms with Crippen molar-refractivity contribution in [3.05, 3.63) is 0 Å². The van der Waals surface area contributed by atoms with Gasteiger partial charge >= 0.3 is 5.97 Å². The smallest absolute Gasteiger partial charge is 0.306 e. The maximum atomic E-state index is 11.8. The van der Waals surface area contributed by atoms with Crippen molar-refractivity contribution < 1.29 is 18.3 Å². The summed E-state index contributed by atoms with van der Waals surface area (Å²) < 4.78 is 27.4. The molecule has 1 fully saturated rings. The quantitative estimate of drug-likeness (QED) is 0.547. The molecule has 1 saturated heterocycles. The van der Waals surface area contributed by atoms with Crippen LogP contribution in [0.1, 0.15) is 26.2 Å². The number of hydrogen-bond acceptors (Lipinski definition) is 3. The average Bonchev–Trinajstić information content (AvgIpc) is 2.35. The zero-order valence-electron chi connectivity index (χ0n) is 10.3. The van der Waals surface area contributed by atoms with Gasteiger partial charge in [-0.05, 0) is 19.8 Å². The Morgan fingerprint density at radius 2 is 2.06 bits per heavy atom. The van der Waals surface area contributed by atoms with Crippen molar-refractivity contribution >= 4 is 16.2 Å². The Hall–Kier alpha value is -1.10. The Labute approximate surface area is 108 Å². The molecule has 0 radical (unpaired) electrons. The number of carboxylic acid groups (broad SMARTS) is 1. The summed E-state index contributed by atoms with van der Waals surface area (Å²) in [6, 6.07) is 0. The number of hydrogen-bond donors (Lipinski definition) is 2. The summed E-state index contributed by atoms with van der Waals surface area (Å²) in [5.41, 5.74) is 0. The van der Waals surface area contributed by atoms with E-state index in [4.69, 9.17) is 5.11 Å². The fourth-order valence-corrected chi connectivity index (χ4v) is 3.04. The molecule has 0 aromatic heterocycles. The predicted molar refractivity (Wildman–Crippen MR) is 66.9 cm³/mol. The second-order valence-corrected chi connectivity index (χ2v) is 5.84. The lowest BCUT2D eigenvalue weighted by molar-refractivity contribution is -0.142. The number of carbonyl (C=O) groups is 1. The van der Waals surface area contributed by atoms with Crippen molar-refractivity contribution in [2.45, 2.75) is 26.2 Å². The number of carboxylic acids is 1. The molecule has 0 aliphatic carbocycles. The number of piperidine rings is 1. The molecule has 0 aromatic carbocycles. The van der Waals surface area contributed by atoms with E-state index in [1.165, 1.54) is 4.31 Å². The van der Waals surface area contributed by atoms with Gasteiger partial charge in [0.15, 0.2) is 0 Å². The maximum absolute atomic E-state index is 11.8. The fraction of sp³-hybridized carbons (Fsp3) is 0.727. The molecule has 1 aliphatic heterocycles. The lowest BCUT2D eigenvalue weighted by Gasteiger charge is -2.29. The molecule has 2 N–H and O–H groups in total. The van der Waals surface area contributed by atoms with E-state index in [1.807, 2.05) is 0 Å². The van der Waals surface area contributed by atoms with Crippen LogP contribution in [0, 0.1) is 17.8 Å². The minimum atomic E-state index is -3.49. The topological polar surface area (TPSA) is 86.7 Å². The molecule has 1 rings (SSSR count). The third-order valence-corrected chi connectivity index (χ3v) is 4.47. The standard InChI is InChI=1S/C11H18N2O4S/c1-2-3-4-7-12-18(16,17)13-8-5-10(6-9-13)11(14)15/h10,12H,4-9H2,1H3,(H,14,15). The molecule has 0 saturated carbocycles. The van der Waals surface area contributed by atoms with Crippen molar-refractivity contribution in [1.29, 1.82) is 0 Å². The fourth-order valence-electron chi connectivity index (χ4n) is 1.80. The van der Waals surface area contributed by atoms with E-state index in [0.29, 0.717) is 19.3 Å². The van der Waals surface area contributed by atoms with Crippen LogP contribution in [0.25, 0.3) is 0 Å². The van der Waals surface area contributed by atoms with E-state index >= 15 is 0 Å². The Bertz CT molecular complexity index is 441. The zero-order valence-corrected chi connectivity index (χ0v) is 11.2. The van der Waals surface area contributed by atoms with Crippen molar-refractivity contribution in [3.63, 3.8) is 0 Å². The minimum absolute atomic E-state index is 0.256. The molecule has 0 bridgehead atoms. The first-order valence-corrected chi connectivity index (χ1v) is 7.28. The molecule has 0 amide bonds. The van der Waals surface area contributed by atoms with Crippen LogP contribution in [0.15, 0.2) is 0 Å². The molecule has 0 atom stereocenters. The largest absolute Gasteiger partial charge is 0.481 e. The monoisotopic (exact) mass is 274 g/mol. The maximum Gasteiger partial charge on any atom is 0.306 e. The molecule has 0 unspecified atom stereocenters. The van der Waals surface area contributed by atoms with Crippen LogP contribution in [-0.2, 0) is 15.0 Å². The van der Waals surface area contributed by atoms with Gasteiger partial charge in [0.2, 0.25) is 0 Å². The zero-order chi connectivity index (χ0) is 13.6. The van der Waals surface area contributed by atoms with Crippen LogP contribution in [0.2, 0.25) is 0 Å². The Morgan fingerprint density at radius 3 is 2.56 bits per heavy atom. The number of nitrogens with zero attached hydrogens (tertiary/aromatic N) is 1. The minimum Gasteiger partial charge on any atom is -0.481 e. The van der Waals surface area contributed by atoms with Gasteiger partial charge in [-0.25, -0.2) is 4.72 Å². The molecule has 18 heavy (non-hydrogen) atoms. The average molecular weight is 274 g/mol. The summed E-state index contributed by atoms with van der Waals surface area (Å²) in [5.74, 6) is 4.18. The van der Waals surface area contributed by atoms with Crippen molar-refractivity contribution in [3.8, 4) is 11.8 Å². The number of nitrogens with one attached hydrogen (secondary N) is 1. The normalized spacial score (nSPS) is 18.1. The third kappa shape index (κ3) is 4.29. The van der Waals surface area contributed by atoms with Gasteiger partial charge in [-0.15, -0.1) is 11.8 Å². The summed E-state index contributed by atoms with van der Waals surface area (Å²) >= 11 is 0. The number of rotatable bonds is 5. The highest BCUT2D eigenvalue weighted by atomic mass is 32.2. The van der Waals surface area contributed by atoms with Crippen molar-refractivity contribution in [1.82, 2.24) is 9.03 Å². The van der Waals surface area contributed by atoms with E-state index < -0.39 is 22.1 Å². The molecular weight excluding hydrogens is 256 g/mol. The van der Waals surface area contributed by atoms with Crippen LogP contribution < -0.4 is 4.72 Å². The van der Waals surface area contributed by atoms with Crippen LogP contribution in [0.3, 0.4) is 0 Å². The van der Waals surface area contributed by atoms with Crippen LogP contribution in [0.4, 0.5) is 0 Å². The molecular formula is C11H18N2O4S. The SMILES string of the molecule is CC#CCCNS(=O)(=O)N1CCC(C(=O)O)CC1. The molecule has 7 heteroatoms. The lowest BCUT2D eigenvalue weighted by atomic mass is 9.99. The highest BCUT2D eigenvalue weighted by Gasteiger charge is 2.30. The second kappa shape index (κ2) is 6.73. The molecule has 1 aliphatic rings. The first-order valence-electron chi connectivity index (χ1n) is 5.84. The van der Waals surface area contributed by atoms with Gasteiger partial charge in [0, 0.05) is 26.1 Å². The first-order chi connectivity index (χ1) is 8.47. The van der Waals surface area contributed by atoms with Crippen molar-refractivity contribution in [2.24, 2.45) is 5.92 Å². The Kier molecular flexibility index (Phi) is 5.59. The van der Waals surface area contributed by atoms with Crippen LogP contribution in [-0.4, -0.2) is 43.4 Å². The number of aliphatic carboxylic acids is 1. The van der Waals surface area contributed by atoms with Gasteiger partial charge in [0.05, 0.1) is 5.92 Å².